The Balaban J connectivity index is 1.85. The van der Waals surface area contributed by atoms with E-state index >= 15 is 0 Å². The standard InChI is InChI=1S/C21H18IN3/c1-14-20(18-6-2-3-7-19(18)24-14)21(15-5-4-12-23-13-15)25-17-10-8-16(22)9-11-17/h2-13,21,24-25H,1H3/t21-/m0/s1. The molecule has 2 aromatic carbocycles. The Morgan fingerprint density at radius 3 is 2.56 bits per heavy atom. The Morgan fingerprint density at radius 1 is 1.00 bits per heavy atom. The summed E-state index contributed by atoms with van der Waals surface area (Å²) in [6.45, 7) is 2.13. The van der Waals surface area contributed by atoms with Crippen LogP contribution in [0.1, 0.15) is 22.9 Å². The highest BCUT2D eigenvalue weighted by atomic mass is 127. The largest absolute Gasteiger partial charge is 0.374 e. The van der Waals surface area contributed by atoms with Crippen LogP contribution < -0.4 is 5.32 Å². The van der Waals surface area contributed by atoms with E-state index in [0.717, 1.165) is 16.8 Å². The molecule has 0 spiro atoms. The third-order valence-corrected chi connectivity index (χ3v) is 5.12. The van der Waals surface area contributed by atoms with E-state index in [1.165, 1.54) is 20.2 Å². The molecule has 4 rings (SSSR count). The number of hydrogen-bond acceptors (Lipinski definition) is 2. The number of nitrogens with one attached hydrogen (secondary N) is 2. The van der Waals surface area contributed by atoms with Crippen molar-refractivity contribution in [1.82, 2.24) is 9.97 Å². The first-order chi connectivity index (χ1) is 12.2. The van der Waals surface area contributed by atoms with Gasteiger partial charge in [0.15, 0.2) is 0 Å². The predicted octanol–water partition coefficient (Wildman–Crippen LogP) is 5.68. The third-order valence-electron chi connectivity index (χ3n) is 4.41. The summed E-state index contributed by atoms with van der Waals surface area (Å²) in [5, 5.41) is 4.94. The minimum Gasteiger partial charge on any atom is -0.374 e. The van der Waals surface area contributed by atoms with Crippen LogP contribution in [-0.2, 0) is 0 Å². The van der Waals surface area contributed by atoms with Crippen molar-refractivity contribution >= 4 is 39.2 Å². The van der Waals surface area contributed by atoms with Crippen LogP contribution in [0.4, 0.5) is 5.69 Å². The number of aromatic amines is 1. The van der Waals surface area contributed by atoms with Gasteiger partial charge in [0, 0.05) is 43.8 Å². The number of rotatable bonds is 4. The average Bonchev–Trinajstić information content (AvgIpc) is 2.98. The van der Waals surface area contributed by atoms with E-state index in [9.17, 15) is 0 Å². The molecule has 2 N–H and O–H groups in total. The maximum atomic E-state index is 4.33. The first kappa shape index (κ1) is 16.1. The van der Waals surface area contributed by atoms with E-state index < -0.39 is 0 Å². The van der Waals surface area contributed by atoms with Gasteiger partial charge < -0.3 is 10.3 Å². The fraction of sp³-hybridized carbons (Fsp3) is 0.0952. The van der Waals surface area contributed by atoms with E-state index in [1.54, 1.807) is 0 Å². The third kappa shape index (κ3) is 3.26. The Hall–Kier alpha value is -2.34. The number of halogens is 1. The van der Waals surface area contributed by atoms with Gasteiger partial charge in [0.05, 0.1) is 6.04 Å². The molecule has 1 atom stereocenters. The van der Waals surface area contributed by atoms with Crippen molar-refractivity contribution in [2.45, 2.75) is 13.0 Å². The zero-order valence-corrected chi connectivity index (χ0v) is 16.0. The summed E-state index contributed by atoms with van der Waals surface area (Å²) < 4.78 is 1.23. The summed E-state index contributed by atoms with van der Waals surface area (Å²) in [4.78, 5) is 7.84. The van der Waals surface area contributed by atoms with Gasteiger partial charge in [-0.3, -0.25) is 4.98 Å². The molecule has 0 amide bonds. The topological polar surface area (TPSA) is 40.7 Å². The van der Waals surface area contributed by atoms with E-state index in [4.69, 9.17) is 0 Å². The molecular formula is C21H18IN3. The SMILES string of the molecule is Cc1[nH]c2ccccc2c1[C@@H](Nc1ccc(I)cc1)c1cccnc1. The van der Waals surface area contributed by atoms with E-state index in [2.05, 4.69) is 99.4 Å². The Bertz CT molecular complexity index is 991. The first-order valence-corrected chi connectivity index (χ1v) is 9.29. The van der Waals surface area contributed by atoms with Gasteiger partial charge in [0.25, 0.3) is 0 Å². The molecule has 4 heteroatoms. The summed E-state index contributed by atoms with van der Waals surface area (Å²) >= 11 is 2.33. The van der Waals surface area contributed by atoms with Crippen molar-refractivity contribution in [3.63, 3.8) is 0 Å². The average molecular weight is 439 g/mol. The van der Waals surface area contributed by atoms with Gasteiger partial charge in [-0.05, 0) is 71.5 Å². The lowest BCUT2D eigenvalue weighted by Gasteiger charge is -2.21. The fourth-order valence-electron chi connectivity index (χ4n) is 3.25. The summed E-state index contributed by atoms with van der Waals surface area (Å²) in [6.07, 6.45) is 3.75. The second-order valence-electron chi connectivity index (χ2n) is 6.08. The second-order valence-corrected chi connectivity index (χ2v) is 7.33. The van der Waals surface area contributed by atoms with Crippen LogP contribution in [0.5, 0.6) is 0 Å². The molecule has 0 radical (unpaired) electrons. The van der Waals surface area contributed by atoms with Crippen molar-refractivity contribution < 1.29 is 0 Å². The number of anilines is 1. The van der Waals surface area contributed by atoms with Crippen LogP contribution in [0, 0.1) is 10.5 Å². The minimum atomic E-state index is 0.0323. The highest BCUT2D eigenvalue weighted by Gasteiger charge is 2.21. The molecule has 2 heterocycles. The van der Waals surface area contributed by atoms with Crippen LogP contribution >= 0.6 is 22.6 Å². The van der Waals surface area contributed by atoms with Crippen molar-refractivity contribution in [3.8, 4) is 0 Å². The van der Waals surface area contributed by atoms with Gasteiger partial charge >= 0.3 is 0 Å². The van der Waals surface area contributed by atoms with Crippen molar-refractivity contribution in [2.24, 2.45) is 0 Å². The molecule has 0 aliphatic heterocycles. The molecule has 0 bridgehead atoms. The normalized spacial score (nSPS) is 12.2. The van der Waals surface area contributed by atoms with E-state index in [1.807, 2.05) is 18.5 Å². The van der Waals surface area contributed by atoms with Gasteiger partial charge in [-0.2, -0.15) is 0 Å². The Labute approximate surface area is 160 Å². The summed E-state index contributed by atoms with van der Waals surface area (Å²) in [5.41, 5.74) is 5.84. The molecule has 25 heavy (non-hydrogen) atoms. The number of para-hydroxylation sites is 1. The monoisotopic (exact) mass is 439 g/mol. The Morgan fingerprint density at radius 2 is 1.80 bits per heavy atom. The zero-order valence-electron chi connectivity index (χ0n) is 13.8. The minimum absolute atomic E-state index is 0.0323. The summed E-state index contributed by atoms with van der Waals surface area (Å²) in [5.74, 6) is 0. The predicted molar refractivity (Wildman–Crippen MR) is 112 cm³/mol. The number of aryl methyl sites for hydroxylation is 1. The lowest BCUT2D eigenvalue weighted by molar-refractivity contribution is 0.922. The van der Waals surface area contributed by atoms with E-state index in [0.29, 0.717) is 0 Å². The quantitative estimate of drug-likeness (QED) is 0.402. The number of benzene rings is 2. The molecule has 0 aliphatic carbocycles. The van der Waals surface area contributed by atoms with Crippen molar-refractivity contribution in [2.75, 3.05) is 5.32 Å². The maximum absolute atomic E-state index is 4.33. The van der Waals surface area contributed by atoms with Gasteiger partial charge in [0.1, 0.15) is 0 Å². The van der Waals surface area contributed by atoms with Gasteiger partial charge in [-0.25, -0.2) is 0 Å². The highest BCUT2D eigenvalue weighted by molar-refractivity contribution is 14.1. The molecule has 3 nitrogen and oxygen atoms in total. The summed E-state index contributed by atoms with van der Waals surface area (Å²) in [6, 6.07) is 21.1. The van der Waals surface area contributed by atoms with Crippen molar-refractivity contribution in [1.29, 1.82) is 0 Å². The number of fused-ring (bicyclic) bond motifs is 1. The fourth-order valence-corrected chi connectivity index (χ4v) is 3.61. The van der Waals surface area contributed by atoms with E-state index in [-0.39, 0.29) is 6.04 Å². The number of hydrogen-bond donors (Lipinski definition) is 2. The number of nitrogens with zero attached hydrogens (tertiary/aromatic N) is 1. The van der Waals surface area contributed by atoms with Gasteiger partial charge in [-0.1, -0.05) is 24.3 Å². The summed E-state index contributed by atoms with van der Waals surface area (Å²) in [7, 11) is 0. The lowest BCUT2D eigenvalue weighted by Crippen LogP contribution is -2.13. The maximum Gasteiger partial charge on any atom is 0.0805 e. The molecule has 124 valence electrons. The number of H-pyrrole nitrogens is 1. The number of aromatic nitrogens is 2. The molecule has 2 aromatic heterocycles. The highest BCUT2D eigenvalue weighted by Crippen LogP contribution is 2.34. The molecular weight excluding hydrogens is 421 g/mol. The van der Waals surface area contributed by atoms with Crippen LogP contribution in [0.15, 0.2) is 73.1 Å². The number of pyridine rings is 1. The zero-order chi connectivity index (χ0) is 17.2. The van der Waals surface area contributed by atoms with Crippen LogP contribution in [-0.4, -0.2) is 9.97 Å². The molecule has 0 aliphatic rings. The second kappa shape index (κ2) is 6.88. The molecule has 0 saturated carbocycles. The molecule has 0 fully saturated rings. The van der Waals surface area contributed by atoms with Crippen LogP contribution in [0.25, 0.3) is 10.9 Å². The van der Waals surface area contributed by atoms with Crippen molar-refractivity contribution in [3.05, 3.63) is 93.4 Å². The van der Waals surface area contributed by atoms with Crippen LogP contribution in [0.2, 0.25) is 0 Å². The smallest absolute Gasteiger partial charge is 0.0805 e. The Kier molecular flexibility index (Phi) is 4.44. The molecule has 4 aromatic rings. The lowest BCUT2D eigenvalue weighted by atomic mass is 9.97. The molecule has 0 unspecified atom stereocenters. The van der Waals surface area contributed by atoms with Gasteiger partial charge in [-0.15, -0.1) is 0 Å². The van der Waals surface area contributed by atoms with Gasteiger partial charge in [0.2, 0.25) is 0 Å². The molecule has 0 saturated heterocycles. The van der Waals surface area contributed by atoms with Crippen LogP contribution in [0.3, 0.4) is 0 Å². The first-order valence-electron chi connectivity index (χ1n) is 8.21.